The molecule has 0 amide bonds. The minimum Gasteiger partial charge on any atom is -0.480 e. The van der Waals surface area contributed by atoms with E-state index in [2.05, 4.69) is 18.7 Å². The van der Waals surface area contributed by atoms with Crippen molar-refractivity contribution in [1.29, 1.82) is 0 Å². The van der Waals surface area contributed by atoms with E-state index < -0.39 is 27.8 Å². The van der Waals surface area contributed by atoms with Crippen molar-refractivity contribution in [3.63, 3.8) is 0 Å². The van der Waals surface area contributed by atoms with Gasteiger partial charge in [0, 0.05) is 37.8 Å². The number of fused-ring (bicyclic) bond motifs is 1. The second kappa shape index (κ2) is 10.0. The molecule has 0 saturated carbocycles. The third-order valence-corrected chi connectivity index (χ3v) is 8.36. The second-order valence-electron chi connectivity index (χ2n) is 9.00. The number of hydrogen-bond donors (Lipinski definition) is 1. The summed E-state index contributed by atoms with van der Waals surface area (Å²) in [5, 5.41) is 9.10. The minimum absolute atomic E-state index is 0.0481. The van der Waals surface area contributed by atoms with Crippen LogP contribution in [0, 0.1) is 5.41 Å². The summed E-state index contributed by atoms with van der Waals surface area (Å²) in [6.07, 6.45) is 3.52. The van der Waals surface area contributed by atoms with Gasteiger partial charge in [-0.3, -0.25) is 0 Å². The van der Waals surface area contributed by atoms with Gasteiger partial charge in [0.25, 0.3) is 0 Å². The molecule has 3 rings (SSSR count). The van der Waals surface area contributed by atoms with Crippen LogP contribution >= 0.6 is 0 Å². The average Bonchev–Trinajstić information content (AvgIpc) is 2.88. The number of sulfone groups is 1. The SMILES string of the molecule is CCCCC1(CC)CN(c2ccccc2)c2cc(N(C)C)c(OCC(=O)O)cc2S(=O)(=O)C1. The molecule has 1 aliphatic rings. The molecule has 7 nitrogen and oxygen atoms in total. The summed E-state index contributed by atoms with van der Waals surface area (Å²) in [6.45, 7) is 4.23. The number of unbranched alkanes of at least 4 members (excludes halogenated alkanes) is 1. The molecule has 0 fully saturated rings. The predicted molar refractivity (Wildman–Crippen MR) is 132 cm³/mol. The summed E-state index contributed by atoms with van der Waals surface area (Å²) < 4.78 is 33.1. The molecule has 2 aromatic carbocycles. The van der Waals surface area contributed by atoms with Gasteiger partial charge in [-0.05, 0) is 31.0 Å². The highest BCUT2D eigenvalue weighted by atomic mass is 32.2. The van der Waals surface area contributed by atoms with Gasteiger partial charge in [-0.2, -0.15) is 0 Å². The lowest BCUT2D eigenvalue weighted by atomic mass is 9.81. The molecule has 0 radical (unpaired) electrons. The fraction of sp³-hybridized carbons (Fsp3) is 0.480. The first-order valence-corrected chi connectivity index (χ1v) is 13.0. The van der Waals surface area contributed by atoms with Crippen LogP contribution in [0.2, 0.25) is 0 Å². The Morgan fingerprint density at radius 2 is 1.88 bits per heavy atom. The highest BCUT2D eigenvalue weighted by molar-refractivity contribution is 7.91. The van der Waals surface area contributed by atoms with Crippen LogP contribution in [0.25, 0.3) is 0 Å². The smallest absolute Gasteiger partial charge is 0.341 e. The quantitative estimate of drug-likeness (QED) is 0.562. The fourth-order valence-electron chi connectivity index (χ4n) is 4.48. The van der Waals surface area contributed by atoms with E-state index in [0.717, 1.165) is 31.4 Å². The molecule has 0 spiro atoms. The third-order valence-electron chi connectivity index (χ3n) is 6.37. The number of anilines is 3. The van der Waals surface area contributed by atoms with Crippen molar-refractivity contribution in [1.82, 2.24) is 0 Å². The standard InChI is InChI=1S/C25H34N2O5S/c1-5-7-13-25(6-2)17-27(19-11-9-8-10-12-19)21-14-20(26(3)4)22(32-16-24(28)29)15-23(21)33(30,31)18-25/h8-12,14-15H,5-7,13,16-18H2,1-4H3,(H,28,29). The zero-order valence-electron chi connectivity index (χ0n) is 19.9. The van der Waals surface area contributed by atoms with Gasteiger partial charge < -0.3 is 19.6 Å². The number of benzene rings is 2. The first kappa shape index (κ1) is 24.9. The van der Waals surface area contributed by atoms with E-state index in [1.807, 2.05) is 55.4 Å². The van der Waals surface area contributed by atoms with E-state index >= 15 is 0 Å². The monoisotopic (exact) mass is 474 g/mol. The van der Waals surface area contributed by atoms with Crippen molar-refractivity contribution in [2.24, 2.45) is 5.41 Å². The number of nitrogens with zero attached hydrogens (tertiary/aromatic N) is 2. The van der Waals surface area contributed by atoms with Gasteiger partial charge in [-0.1, -0.05) is 44.9 Å². The summed E-state index contributed by atoms with van der Waals surface area (Å²) in [6, 6.07) is 13.1. The van der Waals surface area contributed by atoms with E-state index in [-0.39, 0.29) is 16.4 Å². The molecule has 0 aromatic heterocycles. The molecule has 1 aliphatic heterocycles. The second-order valence-corrected chi connectivity index (χ2v) is 11.0. The van der Waals surface area contributed by atoms with Crippen molar-refractivity contribution < 1.29 is 23.1 Å². The maximum atomic E-state index is 13.8. The highest BCUT2D eigenvalue weighted by Gasteiger charge is 2.42. The van der Waals surface area contributed by atoms with Gasteiger partial charge in [0.1, 0.15) is 5.75 Å². The number of carboxylic acids is 1. The van der Waals surface area contributed by atoms with Crippen molar-refractivity contribution in [2.75, 3.05) is 42.8 Å². The summed E-state index contributed by atoms with van der Waals surface area (Å²) in [5.74, 6) is -0.824. The highest BCUT2D eigenvalue weighted by Crippen LogP contribution is 2.47. The third kappa shape index (κ3) is 5.43. The van der Waals surface area contributed by atoms with E-state index in [1.165, 1.54) is 6.07 Å². The average molecular weight is 475 g/mol. The van der Waals surface area contributed by atoms with Gasteiger partial charge in [0.15, 0.2) is 16.4 Å². The largest absolute Gasteiger partial charge is 0.480 e. The van der Waals surface area contributed by atoms with E-state index in [1.54, 1.807) is 0 Å². The Kier molecular flexibility index (Phi) is 7.57. The number of ether oxygens (including phenoxy) is 1. The Morgan fingerprint density at radius 1 is 1.18 bits per heavy atom. The van der Waals surface area contributed by atoms with Gasteiger partial charge in [0.2, 0.25) is 0 Å². The van der Waals surface area contributed by atoms with Crippen LogP contribution in [0.5, 0.6) is 5.75 Å². The Labute approximate surface area is 196 Å². The summed E-state index contributed by atoms with van der Waals surface area (Å²) in [7, 11) is -0.0119. The Bertz CT molecular complexity index is 1090. The number of carbonyl (C=O) groups is 1. The molecule has 0 aliphatic carbocycles. The summed E-state index contributed by atoms with van der Waals surface area (Å²) in [4.78, 5) is 15.2. The van der Waals surface area contributed by atoms with Crippen LogP contribution in [0.4, 0.5) is 17.1 Å². The number of aliphatic carboxylic acids is 1. The Balaban J connectivity index is 2.27. The van der Waals surface area contributed by atoms with E-state index in [0.29, 0.717) is 17.9 Å². The lowest BCUT2D eigenvalue weighted by Crippen LogP contribution is -2.37. The normalized spacial score (nSPS) is 19.5. The van der Waals surface area contributed by atoms with E-state index in [9.17, 15) is 13.2 Å². The number of hydrogen-bond acceptors (Lipinski definition) is 6. The minimum atomic E-state index is -3.66. The molecular formula is C25H34N2O5S. The van der Waals surface area contributed by atoms with Crippen LogP contribution < -0.4 is 14.5 Å². The molecule has 1 atom stereocenters. The molecule has 8 heteroatoms. The van der Waals surface area contributed by atoms with Crippen LogP contribution in [0.1, 0.15) is 39.5 Å². The lowest BCUT2D eigenvalue weighted by molar-refractivity contribution is -0.139. The first-order valence-electron chi connectivity index (χ1n) is 11.4. The van der Waals surface area contributed by atoms with Crippen molar-refractivity contribution in [3.8, 4) is 5.75 Å². The summed E-state index contributed by atoms with van der Waals surface area (Å²) in [5.41, 5.74) is 1.75. The topological polar surface area (TPSA) is 87.2 Å². The maximum absolute atomic E-state index is 13.8. The number of rotatable bonds is 9. The van der Waals surface area contributed by atoms with Crippen LogP contribution in [0.15, 0.2) is 47.4 Å². The molecular weight excluding hydrogens is 440 g/mol. The van der Waals surface area contributed by atoms with E-state index in [4.69, 9.17) is 9.84 Å². The molecule has 180 valence electrons. The predicted octanol–water partition coefficient (Wildman–Crippen LogP) is 4.73. The van der Waals surface area contributed by atoms with Gasteiger partial charge in [-0.25, -0.2) is 13.2 Å². The van der Waals surface area contributed by atoms with Gasteiger partial charge >= 0.3 is 5.97 Å². The molecule has 0 bridgehead atoms. The van der Waals surface area contributed by atoms with Crippen LogP contribution in [-0.2, 0) is 14.6 Å². The zero-order chi connectivity index (χ0) is 24.2. The zero-order valence-corrected chi connectivity index (χ0v) is 20.7. The molecule has 1 heterocycles. The van der Waals surface area contributed by atoms with Crippen LogP contribution in [0.3, 0.4) is 0 Å². The first-order chi connectivity index (χ1) is 15.6. The Morgan fingerprint density at radius 3 is 2.45 bits per heavy atom. The molecule has 0 saturated heterocycles. The maximum Gasteiger partial charge on any atom is 0.341 e. The number of carboxylic acid groups (broad SMARTS) is 1. The fourth-order valence-corrected chi connectivity index (χ4v) is 6.66. The molecule has 2 aromatic rings. The van der Waals surface area contributed by atoms with Crippen LogP contribution in [-0.4, -0.2) is 52.5 Å². The molecule has 1 N–H and O–H groups in total. The van der Waals surface area contributed by atoms with Crippen molar-refractivity contribution >= 4 is 32.9 Å². The molecule has 33 heavy (non-hydrogen) atoms. The number of para-hydroxylation sites is 1. The van der Waals surface area contributed by atoms with Gasteiger partial charge in [-0.15, -0.1) is 0 Å². The Hall–Kier alpha value is -2.74. The lowest BCUT2D eigenvalue weighted by Gasteiger charge is -2.36. The van der Waals surface area contributed by atoms with Gasteiger partial charge in [0.05, 0.1) is 22.0 Å². The molecule has 1 unspecified atom stereocenters. The van der Waals surface area contributed by atoms with Crippen molar-refractivity contribution in [2.45, 2.75) is 44.4 Å². The van der Waals surface area contributed by atoms with Crippen molar-refractivity contribution in [3.05, 3.63) is 42.5 Å². The summed E-state index contributed by atoms with van der Waals surface area (Å²) >= 11 is 0.